The van der Waals surface area contributed by atoms with E-state index >= 15 is 0 Å². The van der Waals surface area contributed by atoms with Crippen LogP contribution in [0.25, 0.3) is 0 Å². The number of Topliss-reactive ketones (excluding diaryl/α,β-unsaturated/α-hetero) is 1. The summed E-state index contributed by atoms with van der Waals surface area (Å²) in [6.07, 6.45) is 9.34. The lowest BCUT2D eigenvalue weighted by Gasteiger charge is -2.36. The Hall–Kier alpha value is -1.31. The molecule has 0 aliphatic heterocycles. The van der Waals surface area contributed by atoms with Gasteiger partial charge in [-0.15, -0.1) is 0 Å². The molecule has 2 unspecified atom stereocenters. The number of ketones is 1. The highest BCUT2D eigenvalue weighted by molar-refractivity contribution is 6.32. The summed E-state index contributed by atoms with van der Waals surface area (Å²) in [5.74, 6) is 0.704. The van der Waals surface area contributed by atoms with E-state index < -0.39 is 0 Å². The molecule has 3 heteroatoms. The van der Waals surface area contributed by atoms with Gasteiger partial charge in [0.25, 0.3) is 0 Å². The van der Waals surface area contributed by atoms with E-state index in [2.05, 4.69) is 53.7 Å². The highest BCUT2D eigenvalue weighted by atomic mass is 35.5. The van der Waals surface area contributed by atoms with Crippen LogP contribution in [-0.2, 0) is 4.79 Å². The predicted molar refractivity (Wildman–Crippen MR) is 155 cm³/mol. The first-order valence-electron chi connectivity index (χ1n) is 14.0. The van der Waals surface area contributed by atoms with Gasteiger partial charge in [-0.05, 0) is 108 Å². The van der Waals surface area contributed by atoms with Crippen LogP contribution in [-0.4, -0.2) is 5.78 Å². The minimum atomic E-state index is -0.208. The van der Waals surface area contributed by atoms with Gasteiger partial charge in [-0.1, -0.05) is 89.0 Å². The van der Waals surface area contributed by atoms with Crippen LogP contribution in [0.2, 0.25) is 10.0 Å². The molecular weight excluding hydrogens is 483 g/mol. The van der Waals surface area contributed by atoms with Crippen LogP contribution in [0.1, 0.15) is 139 Å². The Kier molecular flexibility index (Phi) is 8.33. The summed E-state index contributed by atoms with van der Waals surface area (Å²) in [5.41, 5.74) is 5.45. The van der Waals surface area contributed by atoms with Crippen LogP contribution in [0.15, 0.2) is 36.4 Å². The lowest BCUT2D eigenvalue weighted by molar-refractivity contribution is -0.121. The van der Waals surface area contributed by atoms with E-state index in [4.69, 9.17) is 23.2 Å². The van der Waals surface area contributed by atoms with Gasteiger partial charge >= 0.3 is 0 Å². The second kappa shape index (κ2) is 10.8. The normalized spacial score (nSPS) is 22.2. The van der Waals surface area contributed by atoms with Crippen molar-refractivity contribution < 1.29 is 4.79 Å². The lowest BCUT2D eigenvalue weighted by Crippen LogP contribution is -2.24. The maximum absolute atomic E-state index is 14.1. The molecule has 36 heavy (non-hydrogen) atoms. The van der Waals surface area contributed by atoms with Gasteiger partial charge in [0.15, 0.2) is 0 Å². The molecule has 2 aliphatic rings. The molecule has 196 valence electrons. The van der Waals surface area contributed by atoms with Crippen molar-refractivity contribution in [3.05, 3.63) is 68.7 Å². The number of benzene rings is 2. The van der Waals surface area contributed by atoms with Gasteiger partial charge in [-0.2, -0.15) is 0 Å². The Balaban J connectivity index is 1.62. The number of rotatable bonds is 6. The Labute approximate surface area is 229 Å². The molecule has 2 saturated carbocycles. The van der Waals surface area contributed by atoms with E-state index in [0.29, 0.717) is 22.7 Å². The fourth-order valence-corrected chi connectivity index (χ4v) is 7.45. The Bertz CT molecular complexity index is 993. The quantitative estimate of drug-likeness (QED) is 0.365. The third-order valence-corrected chi connectivity index (χ3v) is 10.1. The SMILES string of the molecule is CC(C(=O)C(C)c1cccc(Cl)c1C1CCC(C)(C)CC1)c1cccc(Cl)c1C1CCC(C)(C)CC1. The van der Waals surface area contributed by atoms with Crippen molar-refractivity contribution in [2.24, 2.45) is 10.8 Å². The molecule has 0 saturated heterocycles. The average Bonchev–Trinajstić information content (AvgIpc) is 2.83. The van der Waals surface area contributed by atoms with E-state index in [-0.39, 0.29) is 17.6 Å². The summed E-state index contributed by atoms with van der Waals surface area (Å²) in [7, 11) is 0. The summed E-state index contributed by atoms with van der Waals surface area (Å²) in [5, 5.41) is 1.63. The molecule has 0 spiro atoms. The maximum Gasteiger partial charge on any atom is 0.147 e. The highest BCUT2D eigenvalue weighted by Crippen LogP contribution is 2.48. The minimum Gasteiger partial charge on any atom is -0.298 e. The summed E-state index contributed by atoms with van der Waals surface area (Å²) < 4.78 is 0. The van der Waals surface area contributed by atoms with E-state index in [1.54, 1.807) is 0 Å². The van der Waals surface area contributed by atoms with Crippen molar-refractivity contribution in [2.45, 2.75) is 117 Å². The van der Waals surface area contributed by atoms with Crippen molar-refractivity contribution >= 4 is 29.0 Å². The van der Waals surface area contributed by atoms with Crippen LogP contribution in [0, 0.1) is 10.8 Å². The summed E-state index contributed by atoms with van der Waals surface area (Å²) in [6, 6.07) is 12.3. The van der Waals surface area contributed by atoms with Crippen molar-refractivity contribution in [2.75, 3.05) is 0 Å². The lowest BCUT2D eigenvalue weighted by atomic mass is 9.69. The number of carbonyl (C=O) groups excluding carboxylic acids is 1. The monoisotopic (exact) mass is 526 g/mol. The molecule has 2 atom stereocenters. The van der Waals surface area contributed by atoms with Crippen LogP contribution >= 0.6 is 23.2 Å². The molecule has 4 rings (SSSR count). The van der Waals surface area contributed by atoms with Gasteiger partial charge in [0.1, 0.15) is 5.78 Å². The fourth-order valence-electron chi connectivity index (χ4n) is 6.78. The van der Waals surface area contributed by atoms with Gasteiger partial charge in [0.2, 0.25) is 0 Å². The Morgan fingerprint density at radius 3 is 1.36 bits per heavy atom. The van der Waals surface area contributed by atoms with Gasteiger partial charge in [0.05, 0.1) is 0 Å². The maximum atomic E-state index is 14.1. The third-order valence-electron chi connectivity index (χ3n) is 9.45. The average molecular weight is 528 g/mol. The zero-order valence-electron chi connectivity index (χ0n) is 23.1. The first-order valence-corrected chi connectivity index (χ1v) is 14.8. The van der Waals surface area contributed by atoms with E-state index in [1.165, 1.54) is 36.8 Å². The first-order chi connectivity index (χ1) is 16.9. The molecule has 0 N–H and O–H groups in total. The molecule has 0 bridgehead atoms. The third kappa shape index (κ3) is 5.88. The number of hydrogen-bond donors (Lipinski definition) is 0. The second-order valence-electron chi connectivity index (χ2n) is 13.2. The number of halogens is 2. The number of carbonyl (C=O) groups is 1. The zero-order valence-corrected chi connectivity index (χ0v) is 24.6. The van der Waals surface area contributed by atoms with E-state index in [1.807, 2.05) is 24.3 Å². The van der Waals surface area contributed by atoms with Crippen LogP contribution < -0.4 is 0 Å². The van der Waals surface area contributed by atoms with Crippen LogP contribution in [0.4, 0.5) is 0 Å². The molecule has 2 aromatic rings. The van der Waals surface area contributed by atoms with Crippen LogP contribution in [0.3, 0.4) is 0 Å². The minimum absolute atomic E-state index is 0.208. The summed E-state index contributed by atoms with van der Waals surface area (Å²) in [6.45, 7) is 13.6. The molecule has 0 heterocycles. The Morgan fingerprint density at radius 2 is 1.03 bits per heavy atom. The zero-order chi connectivity index (χ0) is 26.3. The highest BCUT2D eigenvalue weighted by Gasteiger charge is 2.35. The Morgan fingerprint density at radius 1 is 0.694 bits per heavy atom. The van der Waals surface area contributed by atoms with E-state index in [0.717, 1.165) is 46.9 Å². The van der Waals surface area contributed by atoms with Gasteiger partial charge in [0, 0.05) is 21.9 Å². The van der Waals surface area contributed by atoms with Crippen molar-refractivity contribution in [1.82, 2.24) is 0 Å². The molecule has 2 aliphatic carbocycles. The smallest absolute Gasteiger partial charge is 0.147 e. The molecule has 2 aromatic carbocycles. The standard InChI is InChI=1S/C33H44Cl2O/c1-21(25-9-7-11-27(34)29(25)23-13-17-32(3,4)18-14-23)31(36)22(2)26-10-8-12-28(35)30(26)24-15-19-33(5,6)20-16-24/h7-12,21-24H,13-20H2,1-6H3. The molecule has 0 radical (unpaired) electrons. The van der Waals surface area contributed by atoms with E-state index in [9.17, 15) is 4.79 Å². The largest absolute Gasteiger partial charge is 0.298 e. The van der Waals surface area contributed by atoms with Crippen molar-refractivity contribution in [3.63, 3.8) is 0 Å². The number of hydrogen-bond acceptors (Lipinski definition) is 1. The fraction of sp³-hybridized carbons (Fsp3) is 0.606. The van der Waals surface area contributed by atoms with Crippen LogP contribution in [0.5, 0.6) is 0 Å². The van der Waals surface area contributed by atoms with Gasteiger partial charge in [-0.25, -0.2) is 0 Å². The molecule has 0 amide bonds. The molecule has 2 fully saturated rings. The molecular formula is C33H44Cl2O. The first kappa shape index (κ1) is 27.7. The molecule has 1 nitrogen and oxygen atoms in total. The summed E-state index contributed by atoms with van der Waals surface area (Å²) >= 11 is 13.6. The van der Waals surface area contributed by atoms with Gasteiger partial charge < -0.3 is 0 Å². The second-order valence-corrected chi connectivity index (χ2v) is 14.0. The van der Waals surface area contributed by atoms with Crippen molar-refractivity contribution in [3.8, 4) is 0 Å². The van der Waals surface area contributed by atoms with Gasteiger partial charge in [-0.3, -0.25) is 4.79 Å². The summed E-state index contributed by atoms with van der Waals surface area (Å²) in [4.78, 5) is 14.1. The molecule has 0 aromatic heterocycles. The van der Waals surface area contributed by atoms with Crippen molar-refractivity contribution in [1.29, 1.82) is 0 Å². The topological polar surface area (TPSA) is 17.1 Å². The predicted octanol–water partition coefficient (Wildman–Crippen LogP) is 10.8.